The van der Waals surface area contributed by atoms with Crippen LogP contribution in [0.2, 0.25) is 10.0 Å². The first kappa shape index (κ1) is 23.0. The second kappa shape index (κ2) is 9.35. The lowest BCUT2D eigenvalue weighted by molar-refractivity contribution is -0.163. The Morgan fingerprint density at radius 3 is 2.39 bits per heavy atom. The molecule has 31 heavy (non-hydrogen) atoms. The van der Waals surface area contributed by atoms with Crippen molar-refractivity contribution in [2.75, 3.05) is 12.4 Å². The van der Waals surface area contributed by atoms with Crippen LogP contribution in [0.4, 0.5) is 0 Å². The lowest BCUT2D eigenvalue weighted by atomic mass is 9.91. The molecule has 1 heterocycles. The van der Waals surface area contributed by atoms with Crippen LogP contribution in [0.1, 0.15) is 56.9 Å². The molecular weight excluding hydrogens is 449 g/mol. The summed E-state index contributed by atoms with van der Waals surface area (Å²) in [5, 5.41) is 1.35. The van der Waals surface area contributed by atoms with Crippen LogP contribution in [0.15, 0.2) is 48.5 Å². The van der Waals surface area contributed by atoms with E-state index in [0.29, 0.717) is 16.0 Å². The predicted octanol–water partition coefficient (Wildman–Crippen LogP) is 6.94. The highest BCUT2D eigenvalue weighted by molar-refractivity contribution is 8.00. The molecule has 166 valence electrons. The van der Waals surface area contributed by atoms with Crippen molar-refractivity contribution >= 4 is 40.9 Å². The number of halogens is 2. The quantitative estimate of drug-likeness (QED) is 0.450. The molecule has 0 radical (unpaired) electrons. The number of hydrogen-bond acceptors (Lipinski definition) is 3. The third-order valence-electron chi connectivity index (χ3n) is 5.86. The summed E-state index contributed by atoms with van der Waals surface area (Å²) in [6.45, 7) is 6.78. The van der Waals surface area contributed by atoms with Crippen LogP contribution in [0.25, 0.3) is 0 Å². The Kier molecular flexibility index (Phi) is 6.93. The molecule has 0 spiro atoms. The molecule has 1 saturated carbocycles. The summed E-state index contributed by atoms with van der Waals surface area (Å²) in [7, 11) is 0. The number of thioether (sulfide) groups is 1. The van der Waals surface area contributed by atoms with E-state index in [9.17, 15) is 4.79 Å². The average molecular weight is 478 g/mol. The molecule has 6 heteroatoms. The molecular formula is C25H29Cl2NO2S. The molecule has 1 aliphatic heterocycles. The molecule has 4 rings (SSSR count). The van der Waals surface area contributed by atoms with Gasteiger partial charge in [0.05, 0.1) is 6.04 Å². The Bertz CT molecular complexity index is 924. The van der Waals surface area contributed by atoms with Crippen molar-refractivity contribution < 1.29 is 9.53 Å². The Balaban J connectivity index is 1.75. The second-order valence-corrected chi connectivity index (χ2v) is 12.1. The Morgan fingerprint density at radius 2 is 1.77 bits per heavy atom. The summed E-state index contributed by atoms with van der Waals surface area (Å²) >= 11 is 14.4. The summed E-state index contributed by atoms with van der Waals surface area (Å²) in [5.74, 6) is 1.53. The van der Waals surface area contributed by atoms with E-state index in [0.717, 1.165) is 16.9 Å². The van der Waals surface area contributed by atoms with Crippen molar-refractivity contribution in [2.24, 2.45) is 5.92 Å². The normalized spacial score (nSPS) is 23.1. The maximum atomic E-state index is 13.3. The highest BCUT2D eigenvalue weighted by Crippen LogP contribution is 2.47. The Labute approximate surface area is 199 Å². The summed E-state index contributed by atoms with van der Waals surface area (Å²) in [6, 6.07) is 15.5. The molecule has 0 N–H and O–H groups in total. The van der Waals surface area contributed by atoms with E-state index in [1.165, 1.54) is 12.8 Å². The van der Waals surface area contributed by atoms with Gasteiger partial charge < -0.3 is 9.64 Å². The molecule has 0 aromatic heterocycles. The fourth-order valence-electron chi connectivity index (χ4n) is 4.24. The van der Waals surface area contributed by atoms with Crippen molar-refractivity contribution in [2.45, 2.75) is 56.5 Å². The SMILES string of the molecule is CC(C)(C)SCC(C1CC1)N1C(=O)COC(c2cccc(Cl)c2)C1c1ccc(Cl)cc1. The van der Waals surface area contributed by atoms with Gasteiger partial charge in [0.1, 0.15) is 12.7 Å². The Morgan fingerprint density at radius 1 is 1.06 bits per heavy atom. The minimum Gasteiger partial charge on any atom is -0.361 e. The summed E-state index contributed by atoms with van der Waals surface area (Å²) in [5.41, 5.74) is 2.02. The minimum absolute atomic E-state index is 0.0598. The van der Waals surface area contributed by atoms with Gasteiger partial charge in [-0.1, -0.05) is 68.2 Å². The van der Waals surface area contributed by atoms with Crippen LogP contribution in [-0.2, 0) is 9.53 Å². The highest BCUT2D eigenvalue weighted by Gasteiger charge is 2.46. The number of ether oxygens (including phenoxy) is 1. The minimum atomic E-state index is -0.279. The monoisotopic (exact) mass is 477 g/mol. The van der Waals surface area contributed by atoms with Gasteiger partial charge in [-0.2, -0.15) is 11.8 Å². The highest BCUT2D eigenvalue weighted by atomic mass is 35.5. The summed E-state index contributed by atoms with van der Waals surface area (Å²) < 4.78 is 6.31. The topological polar surface area (TPSA) is 29.5 Å². The van der Waals surface area contributed by atoms with Crippen molar-refractivity contribution in [1.82, 2.24) is 4.90 Å². The van der Waals surface area contributed by atoms with Crippen LogP contribution >= 0.6 is 35.0 Å². The summed E-state index contributed by atoms with van der Waals surface area (Å²) in [6.07, 6.45) is 2.07. The fourth-order valence-corrected chi connectivity index (χ4v) is 5.66. The average Bonchev–Trinajstić information content (AvgIpc) is 3.54. The maximum absolute atomic E-state index is 13.3. The third kappa shape index (κ3) is 5.60. The van der Waals surface area contributed by atoms with Crippen LogP contribution < -0.4 is 0 Å². The number of rotatable bonds is 6. The van der Waals surface area contributed by atoms with Gasteiger partial charge in [0.2, 0.25) is 5.91 Å². The summed E-state index contributed by atoms with van der Waals surface area (Å²) in [4.78, 5) is 15.4. The predicted molar refractivity (Wildman–Crippen MR) is 130 cm³/mol. The first-order valence-corrected chi connectivity index (χ1v) is 12.5. The number of amides is 1. The van der Waals surface area contributed by atoms with Gasteiger partial charge in [-0.3, -0.25) is 4.79 Å². The molecule has 2 fully saturated rings. The van der Waals surface area contributed by atoms with E-state index in [2.05, 4.69) is 25.7 Å². The molecule has 1 amide bonds. The van der Waals surface area contributed by atoms with Gasteiger partial charge in [-0.15, -0.1) is 0 Å². The molecule has 3 atom stereocenters. The van der Waals surface area contributed by atoms with E-state index >= 15 is 0 Å². The van der Waals surface area contributed by atoms with Gasteiger partial charge in [0.25, 0.3) is 0 Å². The van der Waals surface area contributed by atoms with Gasteiger partial charge in [-0.05, 0) is 54.2 Å². The van der Waals surface area contributed by atoms with Gasteiger partial charge in [0.15, 0.2) is 0 Å². The zero-order chi connectivity index (χ0) is 22.2. The largest absolute Gasteiger partial charge is 0.361 e. The first-order valence-electron chi connectivity index (χ1n) is 10.8. The number of benzene rings is 2. The number of carbonyl (C=O) groups excluding carboxylic acids is 1. The molecule has 3 unspecified atom stereocenters. The van der Waals surface area contributed by atoms with E-state index in [1.54, 1.807) is 0 Å². The molecule has 1 saturated heterocycles. The number of carbonyl (C=O) groups is 1. The standard InChI is InChI=1S/C25H29Cl2NO2S/c1-25(2,3)31-15-21(16-7-8-16)28-22(29)14-30-24(18-5-4-6-20(27)13-18)23(28)17-9-11-19(26)12-10-17/h4-6,9-13,16,21,23-24H,7-8,14-15H2,1-3H3. The zero-order valence-electron chi connectivity index (χ0n) is 18.2. The van der Waals surface area contributed by atoms with E-state index < -0.39 is 0 Å². The van der Waals surface area contributed by atoms with Crippen molar-refractivity contribution in [3.8, 4) is 0 Å². The van der Waals surface area contributed by atoms with Crippen LogP contribution in [0.3, 0.4) is 0 Å². The first-order chi connectivity index (χ1) is 14.7. The smallest absolute Gasteiger partial charge is 0.249 e. The van der Waals surface area contributed by atoms with Crippen molar-refractivity contribution in [1.29, 1.82) is 0 Å². The molecule has 0 bridgehead atoms. The van der Waals surface area contributed by atoms with E-state index in [1.807, 2.05) is 60.3 Å². The second-order valence-electron chi connectivity index (χ2n) is 9.41. The number of nitrogens with zero attached hydrogens (tertiary/aromatic N) is 1. The molecule has 2 aromatic rings. The van der Waals surface area contributed by atoms with E-state index in [4.69, 9.17) is 27.9 Å². The lowest BCUT2D eigenvalue weighted by Gasteiger charge is -2.46. The molecule has 2 aromatic carbocycles. The fraction of sp³-hybridized carbons (Fsp3) is 0.480. The van der Waals surface area contributed by atoms with Crippen LogP contribution in [0, 0.1) is 5.92 Å². The molecule has 1 aliphatic carbocycles. The maximum Gasteiger partial charge on any atom is 0.249 e. The van der Waals surface area contributed by atoms with Gasteiger partial charge in [0, 0.05) is 26.6 Å². The zero-order valence-corrected chi connectivity index (χ0v) is 20.5. The third-order valence-corrected chi connectivity index (χ3v) is 7.72. The van der Waals surface area contributed by atoms with Gasteiger partial charge in [-0.25, -0.2) is 0 Å². The number of morpholine rings is 1. The van der Waals surface area contributed by atoms with Crippen LogP contribution in [0.5, 0.6) is 0 Å². The van der Waals surface area contributed by atoms with E-state index in [-0.39, 0.29) is 35.4 Å². The lowest BCUT2D eigenvalue weighted by Crippen LogP contribution is -2.52. The van der Waals surface area contributed by atoms with Gasteiger partial charge >= 0.3 is 0 Å². The van der Waals surface area contributed by atoms with Crippen molar-refractivity contribution in [3.63, 3.8) is 0 Å². The Hall–Kier alpha value is -1.20. The number of hydrogen-bond donors (Lipinski definition) is 0. The van der Waals surface area contributed by atoms with Crippen molar-refractivity contribution in [3.05, 3.63) is 69.7 Å². The van der Waals surface area contributed by atoms with Crippen LogP contribution in [-0.4, -0.2) is 34.0 Å². The molecule has 3 nitrogen and oxygen atoms in total. The molecule has 2 aliphatic rings.